The first-order chi connectivity index (χ1) is 9.52. The van der Waals surface area contributed by atoms with Gasteiger partial charge in [0.15, 0.2) is 0 Å². The van der Waals surface area contributed by atoms with Crippen molar-refractivity contribution in [1.82, 2.24) is 4.98 Å². The van der Waals surface area contributed by atoms with Crippen molar-refractivity contribution in [3.8, 4) is 0 Å². The van der Waals surface area contributed by atoms with Crippen LogP contribution in [-0.4, -0.2) is 45.8 Å². The van der Waals surface area contributed by atoms with Crippen LogP contribution in [0.5, 0.6) is 0 Å². The molecule has 0 spiro atoms. The Morgan fingerprint density at radius 2 is 2.15 bits per heavy atom. The maximum absolute atomic E-state index is 11.1. The fraction of sp³-hybridized carbons (Fsp3) is 0.500. The summed E-state index contributed by atoms with van der Waals surface area (Å²) >= 11 is 0. The Hall–Kier alpha value is -2.22. The molecule has 0 radical (unpaired) electrons. The van der Waals surface area contributed by atoms with Gasteiger partial charge in [0.2, 0.25) is 5.82 Å². The van der Waals surface area contributed by atoms with Crippen LogP contribution in [0.1, 0.15) is 23.2 Å². The average Bonchev–Trinajstić information content (AvgIpc) is 2.46. The first kappa shape index (κ1) is 14.2. The molecule has 2 rings (SSSR count). The highest BCUT2D eigenvalue weighted by Gasteiger charge is 2.27. The van der Waals surface area contributed by atoms with Crippen molar-refractivity contribution in [3.63, 3.8) is 0 Å². The number of rotatable bonds is 4. The van der Waals surface area contributed by atoms with Crippen LogP contribution in [0, 0.1) is 16.0 Å². The fourth-order valence-electron chi connectivity index (χ4n) is 2.27. The number of nitrogens with zero attached hydrogens (tertiary/aromatic N) is 3. The smallest absolute Gasteiger partial charge is 0.337 e. The van der Waals surface area contributed by atoms with E-state index in [-0.39, 0.29) is 29.6 Å². The molecule has 2 heterocycles. The number of aromatic nitrogens is 1. The molecule has 108 valence electrons. The van der Waals surface area contributed by atoms with E-state index in [0.717, 1.165) is 25.1 Å². The Balaban J connectivity index is 2.27. The minimum absolute atomic E-state index is 0.112. The summed E-state index contributed by atoms with van der Waals surface area (Å²) in [6, 6.07) is 1.03. The summed E-state index contributed by atoms with van der Waals surface area (Å²) in [5.74, 6) is -0.842. The van der Waals surface area contributed by atoms with E-state index in [9.17, 15) is 14.9 Å². The van der Waals surface area contributed by atoms with Gasteiger partial charge < -0.3 is 15.1 Å². The van der Waals surface area contributed by atoms with Gasteiger partial charge in [-0.15, -0.1) is 0 Å². The number of aromatic carboxylic acids is 1. The van der Waals surface area contributed by atoms with E-state index in [2.05, 4.69) is 4.98 Å². The third kappa shape index (κ3) is 2.85. The zero-order valence-corrected chi connectivity index (χ0v) is 10.7. The normalized spacial score (nSPS) is 16.1. The summed E-state index contributed by atoms with van der Waals surface area (Å²) in [6.07, 6.45) is 2.59. The van der Waals surface area contributed by atoms with Crippen molar-refractivity contribution in [2.45, 2.75) is 12.8 Å². The molecule has 2 N–H and O–H groups in total. The molecular weight excluding hydrogens is 266 g/mol. The lowest BCUT2D eigenvalue weighted by molar-refractivity contribution is -0.384. The molecule has 0 bridgehead atoms. The molecular formula is C12H15N3O5. The van der Waals surface area contributed by atoms with Crippen LogP contribution in [0.25, 0.3) is 0 Å². The highest BCUT2D eigenvalue weighted by molar-refractivity contribution is 5.88. The van der Waals surface area contributed by atoms with E-state index in [4.69, 9.17) is 10.2 Å². The van der Waals surface area contributed by atoms with Gasteiger partial charge in [0, 0.05) is 32.0 Å². The van der Waals surface area contributed by atoms with Crippen LogP contribution in [0.15, 0.2) is 12.3 Å². The molecule has 8 nitrogen and oxygen atoms in total. The van der Waals surface area contributed by atoms with Crippen molar-refractivity contribution >= 4 is 17.5 Å². The molecule has 0 atom stereocenters. The fourth-order valence-corrected chi connectivity index (χ4v) is 2.27. The molecule has 1 aromatic rings. The van der Waals surface area contributed by atoms with Crippen LogP contribution in [0.2, 0.25) is 0 Å². The second-order valence-corrected chi connectivity index (χ2v) is 4.74. The minimum Gasteiger partial charge on any atom is -0.478 e. The van der Waals surface area contributed by atoms with Crippen LogP contribution in [-0.2, 0) is 0 Å². The number of aliphatic hydroxyl groups is 1. The molecule has 0 aromatic carbocycles. The number of nitro groups is 1. The first-order valence-electron chi connectivity index (χ1n) is 6.26. The molecule has 0 saturated carbocycles. The van der Waals surface area contributed by atoms with Crippen LogP contribution >= 0.6 is 0 Å². The molecule has 1 saturated heterocycles. The van der Waals surface area contributed by atoms with Crippen LogP contribution in [0.3, 0.4) is 0 Å². The number of hydrogen-bond acceptors (Lipinski definition) is 6. The molecule has 0 aliphatic carbocycles. The minimum atomic E-state index is -1.24. The number of piperidine rings is 1. The number of anilines is 1. The van der Waals surface area contributed by atoms with E-state index in [1.807, 2.05) is 0 Å². The number of aliphatic hydroxyl groups excluding tert-OH is 1. The maximum atomic E-state index is 11.1. The zero-order chi connectivity index (χ0) is 14.7. The van der Waals surface area contributed by atoms with Gasteiger partial charge in [0.25, 0.3) is 0 Å². The van der Waals surface area contributed by atoms with E-state index in [1.165, 1.54) is 0 Å². The molecule has 1 aromatic heterocycles. The number of carbonyl (C=O) groups is 1. The van der Waals surface area contributed by atoms with Crippen molar-refractivity contribution in [2.75, 3.05) is 24.6 Å². The highest BCUT2D eigenvalue weighted by atomic mass is 16.6. The van der Waals surface area contributed by atoms with Crippen molar-refractivity contribution in [3.05, 3.63) is 27.9 Å². The predicted molar refractivity (Wildman–Crippen MR) is 69.9 cm³/mol. The van der Waals surface area contributed by atoms with Gasteiger partial charge >= 0.3 is 11.7 Å². The SMILES string of the molecule is O=C(O)c1cnc(N2CCC(CO)CC2)c([N+](=O)[O-])c1. The predicted octanol–water partition coefficient (Wildman–Crippen LogP) is 0.897. The molecule has 8 heteroatoms. The van der Waals surface area contributed by atoms with E-state index in [0.29, 0.717) is 13.1 Å². The van der Waals surface area contributed by atoms with Gasteiger partial charge in [0.05, 0.1) is 10.5 Å². The summed E-state index contributed by atoms with van der Waals surface area (Å²) in [5, 5.41) is 29.0. The van der Waals surface area contributed by atoms with Gasteiger partial charge in [-0.25, -0.2) is 9.78 Å². The first-order valence-corrected chi connectivity index (χ1v) is 6.26. The molecule has 0 amide bonds. The Morgan fingerprint density at radius 1 is 1.50 bits per heavy atom. The average molecular weight is 281 g/mol. The van der Waals surface area contributed by atoms with Gasteiger partial charge in [-0.2, -0.15) is 0 Å². The highest BCUT2D eigenvalue weighted by Crippen LogP contribution is 2.30. The maximum Gasteiger partial charge on any atom is 0.337 e. The largest absolute Gasteiger partial charge is 0.478 e. The number of carboxylic acids is 1. The Kier molecular flexibility index (Phi) is 4.14. The number of hydrogen-bond donors (Lipinski definition) is 2. The number of carboxylic acid groups (broad SMARTS) is 1. The monoisotopic (exact) mass is 281 g/mol. The molecule has 1 aliphatic rings. The van der Waals surface area contributed by atoms with Crippen molar-refractivity contribution in [2.24, 2.45) is 5.92 Å². The summed E-state index contributed by atoms with van der Waals surface area (Å²) in [6.45, 7) is 1.23. The Labute approximate surface area is 114 Å². The lowest BCUT2D eigenvalue weighted by Gasteiger charge is -2.31. The van der Waals surface area contributed by atoms with E-state index in [1.54, 1.807) is 4.90 Å². The van der Waals surface area contributed by atoms with Crippen LogP contribution < -0.4 is 4.90 Å². The van der Waals surface area contributed by atoms with Gasteiger partial charge in [-0.05, 0) is 18.8 Å². The molecule has 20 heavy (non-hydrogen) atoms. The number of pyridine rings is 1. The quantitative estimate of drug-likeness (QED) is 0.621. The van der Waals surface area contributed by atoms with Crippen LogP contribution in [0.4, 0.5) is 11.5 Å². The summed E-state index contributed by atoms with van der Waals surface area (Å²) in [5.41, 5.74) is -0.502. The standard InChI is InChI=1S/C12H15N3O5/c16-7-8-1-3-14(4-2-8)11-10(15(19)20)5-9(6-13-11)12(17)18/h5-6,8,16H,1-4,7H2,(H,17,18). The molecule has 0 unspecified atom stereocenters. The summed E-state index contributed by atoms with van der Waals surface area (Å²) < 4.78 is 0. The topological polar surface area (TPSA) is 117 Å². The zero-order valence-electron chi connectivity index (χ0n) is 10.7. The van der Waals surface area contributed by atoms with Crippen molar-refractivity contribution < 1.29 is 19.9 Å². The van der Waals surface area contributed by atoms with Gasteiger partial charge in [-0.3, -0.25) is 10.1 Å². The summed E-state index contributed by atoms with van der Waals surface area (Å²) in [4.78, 5) is 27.0. The van der Waals surface area contributed by atoms with Gasteiger partial charge in [0.1, 0.15) is 0 Å². The van der Waals surface area contributed by atoms with E-state index < -0.39 is 10.9 Å². The lowest BCUT2D eigenvalue weighted by atomic mass is 9.98. The van der Waals surface area contributed by atoms with Crippen molar-refractivity contribution in [1.29, 1.82) is 0 Å². The summed E-state index contributed by atoms with van der Waals surface area (Å²) in [7, 11) is 0. The Bertz CT molecular complexity index is 526. The van der Waals surface area contributed by atoms with E-state index >= 15 is 0 Å². The second kappa shape index (κ2) is 5.83. The second-order valence-electron chi connectivity index (χ2n) is 4.74. The molecule has 1 aliphatic heterocycles. The lowest BCUT2D eigenvalue weighted by Crippen LogP contribution is -2.35. The Morgan fingerprint density at radius 3 is 2.65 bits per heavy atom. The molecule has 1 fully saturated rings. The third-order valence-electron chi connectivity index (χ3n) is 3.46. The van der Waals surface area contributed by atoms with Gasteiger partial charge in [-0.1, -0.05) is 0 Å². The third-order valence-corrected chi connectivity index (χ3v) is 3.46.